The first kappa shape index (κ1) is 15.6. The van der Waals surface area contributed by atoms with E-state index in [0.717, 1.165) is 5.56 Å². The fraction of sp³-hybridized carbons (Fsp3) is 0.125. The quantitative estimate of drug-likeness (QED) is 0.778. The lowest BCUT2D eigenvalue weighted by Gasteiger charge is -2.09. The van der Waals surface area contributed by atoms with Gasteiger partial charge in [0.15, 0.2) is 0 Å². The van der Waals surface area contributed by atoms with E-state index >= 15 is 0 Å². The standard InChI is InChI=1S/C16H14Cl2N4O/c1-21-10-13(18)8-14(21)16(23)20-15-6-7-19-22(15)9-11-2-4-12(17)5-3-11/h2-8,10H,9H2,1H3,(H,20,23). The third-order valence-corrected chi connectivity index (χ3v) is 3.87. The molecule has 0 atom stereocenters. The number of hydrogen-bond donors (Lipinski definition) is 1. The second-order valence-corrected chi connectivity index (χ2v) is 5.98. The summed E-state index contributed by atoms with van der Waals surface area (Å²) >= 11 is 11.8. The minimum atomic E-state index is -0.239. The zero-order valence-electron chi connectivity index (χ0n) is 12.3. The Bertz CT molecular complexity index is 836. The number of anilines is 1. The zero-order chi connectivity index (χ0) is 16.4. The van der Waals surface area contributed by atoms with Crippen LogP contribution in [0.2, 0.25) is 10.0 Å². The van der Waals surface area contributed by atoms with Crippen molar-refractivity contribution < 1.29 is 4.79 Å². The lowest BCUT2D eigenvalue weighted by molar-refractivity contribution is 0.101. The van der Waals surface area contributed by atoms with E-state index in [1.807, 2.05) is 24.3 Å². The van der Waals surface area contributed by atoms with Gasteiger partial charge in [-0.05, 0) is 23.8 Å². The smallest absolute Gasteiger partial charge is 0.273 e. The lowest BCUT2D eigenvalue weighted by atomic mass is 10.2. The molecule has 0 aliphatic rings. The highest BCUT2D eigenvalue weighted by Gasteiger charge is 2.13. The summed E-state index contributed by atoms with van der Waals surface area (Å²) in [6, 6.07) is 10.9. The van der Waals surface area contributed by atoms with Crippen LogP contribution in [-0.2, 0) is 13.6 Å². The number of carbonyl (C=O) groups is 1. The normalized spacial score (nSPS) is 10.7. The van der Waals surface area contributed by atoms with Crippen molar-refractivity contribution in [1.82, 2.24) is 14.3 Å². The van der Waals surface area contributed by atoms with Gasteiger partial charge in [-0.2, -0.15) is 5.10 Å². The molecule has 5 nitrogen and oxygen atoms in total. The maximum Gasteiger partial charge on any atom is 0.273 e. The van der Waals surface area contributed by atoms with Crippen molar-refractivity contribution in [2.45, 2.75) is 6.54 Å². The molecule has 0 saturated heterocycles. The van der Waals surface area contributed by atoms with E-state index < -0.39 is 0 Å². The largest absolute Gasteiger partial charge is 0.345 e. The summed E-state index contributed by atoms with van der Waals surface area (Å²) in [7, 11) is 1.77. The Labute approximate surface area is 143 Å². The number of amides is 1. The summed E-state index contributed by atoms with van der Waals surface area (Å²) in [5.74, 6) is 0.375. The van der Waals surface area contributed by atoms with Crippen LogP contribution in [0.5, 0.6) is 0 Å². The van der Waals surface area contributed by atoms with Crippen LogP contribution in [0.1, 0.15) is 16.1 Å². The molecule has 23 heavy (non-hydrogen) atoms. The molecule has 1 amide bonds. The molecule has 3 rings (SSSR count). The molecule has 3 aromatic rings. The van der Waals surface area contributed by atoms with Gasteiger partial charge < -0.3 is 9.88 Å². The number of benzene rings is 1. The highest BCUT2D eigenvalue weighted by Crippen LogP contribution is 2.16. The number of nitrogens with zero attached hydrogens (tertiary/aromatic N) is 3. The average Bonchev–Trinajstić information content (AvgIpc) is 3.08. The molecule has 0 bridgehead atoms. The maximum atomic E-state index is 12.3. The van der Waals surface area contributed by atoms with E-state index in [1.54, 1.807) is 40.8 Å². The molecule has 0 aliphatic heterocycles. The second kappa shape index (κ2) is 6.48. The van der Waals surface area contributed by atoms with Gasteiger partial charge in [-0.25, -0.2) is 4.68 Å². The van der Waals surface area contributed by atoms with Crippen LogP contribution in [0.25, 0.3) is 0 Å². The molecule has 1 N–H and O–H groups in total. The summed E-state index contributed by atoms with van der Waals surface area (Å²) in [5, 5.41) is 8.30. The molecule has 118 valence electrons. The monoisotopic (exact) mass is 348 g/mol. The summed E-state index contributed by atoms with van der Waals surface area (Å²) < 4.78 is 3.39. The van der Waals surface area contributed by atoms with E-state index in [4.69, 9.17) is 23.2 Å². The predicted molar refractivity (Wildman–Crippen MR) is 91.2 cm³/mol. The summed E-state index contributed by atoms with van der Waals surface area (Å²) in [5.41, 5.74) is 1.52. The second-order valence-electron chi connectivity index (χ2n) is 5.11. The average molecular weight is 349 g/mol. The fourth-order valence-corrected chi connectivity index (χ4v) is 2.63. The number of aromatic nitrogens is 3. The summed E-state index contributed by atoms with van der Waals surface area (Å²) in [6.45, 7) is 0.535. The van der Waals surface area contributed by atoms with Crippen molar-refractivity contribution in [1.29, 1.82) is 0 Å². The van der Waals surface area contributed by atoms with Crippen LogP contribution < -0.4 is 5.32 Å². The number of carbonyl (C=O) groups excluding carboxylic acids is 1. The van der Waals surface area contributed by atoms with Crippen molar-refractivity contribution >= 4 is 34.9 Å². The van der Waals surface area contributed by atoms with E-state index in [1.165, 1.54) is 0 Å². The molecule has 1 aromatic carbocycles. The zero-order valence-corrected chi connectivity index (χ0v) is 13.8. The van der Waals surface area contributed by atoms with Crippen LogP contribution in [0.4, 0.5) is 5.82 Å². The van der Waals surface area contributed by atoms with Gasteiger partial charge in [-0.3, -0.25) is 4.79 Å². The van der Waals surface area contributed by atoms with Crippen LogP contribution in [0, 0.1) is 0 Å². The van der Waals surface area contributed by atoms with Gasteiger partial charge in [0.25, 0.3) is 5.91 Å². The first-order valence-corrected chi connectivity index (χ1v) is 7.68. The van der Waals surface area contributed by atoms with Gasteiger partial charge in [0, 0.05) is 24.3 Å². The van der Waals surface area contributed by atoms with Gasteiger partial charge in [0.05, 0.1) is 17.8 Å². The summed E-state index contributed by atoms with van der Waals surface area (Å²) in [6.07, 6.45) is 3.32. The van der Waals surface area contributed by atoms with Crippen molar-refractivity contribution in [3.63, 3.8) is 0 Å². The first-order chi connectivity index (χ1) is 11.0. The van der Waals surface area contributed by atoms with Gasteiger partial charge in [-0.1, -0.05) is 35.3 Å². The lowest BCUT2D eigenvalue weighted by Crippen LogP contribution is -2.18. The minimum absolute atomic E-state index is 0.239. The number of hydrogen-bond acceptors (Lipinski definition) is 2. The minimum Gasteiger partial charge on any atom is -0.345 e. The van der Waals surface area contributed by atoms with Gasteiger partial charge in [-0.15, -0.1) is 0 Å². The molecule has 0 aliphatic carbocycles. The van der Waals surface area contributed by atoms with Gasteiger partial charge in [0.1, 0.15) is 11.5 Å². The highest BCUT2D eigenvalue weighted by molar-refractivity contribution is 6.31. The molecule has 7 heteroatoms. The number of aryl methyl sites for hydroxylation is 1. The van der Waals surface area contributed by atoms with Crippen molar-refractivity contribution in [2.24, 2.45) is 7.05 Å². The van der Waals surface area contributed by atoms with Crippen molar-refractivity contribution in [3.05, 3.63) is 70.1 Å². The van der Waals surface area contributed by atoms with E-state index in [-0.39, 0.29) is 5.91 Å². The van der Waals surface area contributed by atoms with Crippen LogP contribution >= 0.6 is 23.2 Å². The molecule has 0 spiro atoms. The Morgan fingerprint density at radius 2 is 1.91 bits per heavy atom. The molecular weight excluding hydrogens is 335 g/mol. The SMILES string of the molecule is Cn1cc(Cl)cc1C(=O)Nc1ccnn1Cc1ccc(Cl)cc1. The van der Waals surface area contributed by atoms with Gasteiger partial charge >= 0.3 is 0 Å². The third kappa shape index (κ3) is 3.57. The van der Waals surface area contributed by atoms with Crippen molar-refractivity contribution in [2.75, 3.05) is 5.32 Å². The Morgan fingerprint density at radius 3 is 2.57 bits per heavy atom. The molecular formula is C16H14Cl2N4O. The Balaban J connectivity index is 1.77. The van der Waals surface area contributed by atoms with E-state index in [9.17, 15) is 4.79 Å². The van der Waals surface area contributed by atoms with Crippen LogP contribution in [0.15, 0.2) is 48.8 Å². The summed E-state index contributed by atoms with van der Waals surface area (Å²) in [4.78, 5) is 12.3. The first-order valence-electron chi connectivity index (χ1n) is 6.92. The Hall–Kier alpha value is -2.24. The molecule has 0 radical (unpaired) electrons. The van der Waals surface area contributed by atoms with E-state index in [0.29, 0.717) is 28.1 Å². The predicted octanol–water partition coefficient (Wildman–Crippen LogP) is 3.83. The third-order valence-electron chi connectivity index (χ3n) is 3.41. The maximum absolute atomic E-state index is 12.3. The van der Waals surface area contributed by atoms with Crippen molar-refractivity contribution in [3.8, 4) is 0 Å². The number of halogens is 2. The molecule has 0 saturated carbocycles. The van der Waals surface area contributed by atoms with Gasteiger partial charge in [0.2, 0.25) is 0 Å². The molecule has 0 unspecified atom stereocenters. The Kier molecular flexibility index (Phi) is 4.41. The number of rotatable bonds is 4. The van der Waals surface area contributed by atoms with Crippen LogP contribution in [-0.4, -0.2) is 20.3 Å². The fourth-order valence-electron chi connectivity index (χ4n) is 2.26. The Morgan fingerprint density at radius 1 is 1.17 bits per heavy atom. The topological polar surface area (TPSA) is 51.9 Å². The van der Waals surface area contributed by atoms with E-state index in [2.05, 4.69) is 10.4 Å². The molecule has 2 aromatic heterocycles. The van der Waals surface area contributed by atoms with Crippen LogP contribution in [0.3, 0.4) is 0 Å². The molecule has 2 heterocycles. The highest BCUT2D eigenvalue weighted by atomic mass is 35.5. The molecule has 0 fully saturated rings. The number of nitrogens with one attached hydrogen (secondary N) is 1.